The smallest absolute Gasteiger partial charge is 0.321 e. The highest BCUT2D eigenvalue weighted by Crippen LogP contribution is 2.21. The van der Waals surface area contributed by atoms with Gasteiger partial charge in [-0.15, -0.1) is 0 Å². The van der Waals surface area contributed by atoms with Gasteiger partial charge in [0.15, 0.2) is 0 Å². The lowest BCUT2D eigenvalue weighted by Gasteiger charge is -2.38. The molecule has 1 heterocycles. The van der Waals surface area contributed by atoms with Crippen molar-refractivity contribution in [2.75, 3.05) is 25.0 Å². The molecule has 2 rings (SSSR count). The SMILES string of the molecule is CCNC1CCN(C(=O)Nc2cccc(C)c2)CC1CC. The third kappa shape index (κ3) is 4.21. The average Bonchev–Trinajstić information content (AvgIpc) is 2.48. The Morgan fingerprint density at radius 3 is 2.86 bits per heavy atom. The Morgan fingerprint density at radius 1 is 1.38 bits per heavy atom. The van der Waals surface area contributed by atoms with Crippen molar-refractivity contribution in [2.24, 2.45) is 5.92 Å². The summed E-state index contributed by atoms with van der Waals surface area (Å²) in [4.78, 5) is 14.3. The summed E-state index contributed by atoms with van der Waals surface area (Å²) in [6, 6.07) is 8.51. The number of nitrogens with one attached hydrogen (secondary N) is 2. The van der Waals surface area contributed by atoms with Crippen LogP contribution in [-0.4, -0.2) is 36.6 Å². The van der Waals surface area contributed by atoms with E-state index < -0.39 is 0 Å². The lowest BCUT2D eigenvalue weighted by molar-refractivity contribution is 0.151. The number of nitrogens with zero attached hydrogens (tertiary/aromatic N) is 1. The molecule has 2 atom stereocenters. The zero-order valence-electron chi connectivity index (χ0n) is 13.4. The summed E-state index contributed by atoms with van der Waals surface area (Å²) < 4.78 is 0. The van der Waals surface area contributed by atoms with E-state index >= 15 is 0 Å². The molecule has 0 aliphatic carbocycles. The highest BCUT2D eigenvalue weighted by molar-refractivity contribution is 5.89. The van der Waals surface area contributed by atoms with Gasteiger partial charge in [0, 0.05) is 24.8 Å². The molecule has 116 valence electrons. The van der Waals surface area contributed by atoms with E-state index in [4.69, 9.17) is 0 Å². The van der Waals surface area contributed by atoms with E-state index in [9.17, 15) is 4.79 Å². The van der Waals surface area contributed by atoms with Crippen LogP contribution in [0.1, 0.15) is 32.3 Å². The Bertz CT molecular complexity index is 475. The predicted molar refractivity (Wildman–Crippen MR) is 87.6 cm³/mol. The molecule has 21 heavy (non-hydrogen) atoms. The highest BCUT2D eigenvalue weighted by atomic mass is 16.2. The van der Waals surface area contributed by atoms with Gasteiger partial charge < -0.3 is 15.5 Å². The van der Waals surface area contributed by atoms with Gasteiger partial charge in [-0.3, -0.25) is 0 Å². The van der Waals surface area contributed by atoms with Gasteiger partial charge in [-0.2, -0.15) is 0 Å². The lowest BCUT2D eigenvalue weighted by atomic mass is 9.90. The molecule has 1 aromatic rings. The van der Waals surface area contributed by atoms with E-state index in [-0.39, 0.29) is 6.03 Å². The van der Waals surface area contributed by atoms with Crippen molar-refractivity contribution < 1.29 is 4.79 Å². The van der Waals surface area contributed by atoms with Crippen LogP contribution in [0.25, 0.3) is 0 Å². The standard InChI is InChI=1S/C17H27N3O/c1-4-14-12-20(10-9-16(14)18-5-2)17(21)19-15-8-6-7-13(3)11-15/h6-8,11,14,16,18H,4-5,9-10,12H2,1-3H3,(H,19,21). The number of hydrogen-bond acceptors (Lipinski definition) is 2. The molecule has 0 aromatic heterocycles. The van der Waals surface area contributed by atoms with Crippen LogP contribution >= 0.6 is 0 Å². The highest BCUT2D eigenvalue weighted by Gasteiger charge is 2.29. The van der Waals surface area contributed by atoms with Crippen molar-refractivity contribution in [1.29, 1.82) is 0 Å². The van der Waals surface area contributed by atoms with Crippen LogP contribution in [0.5, 0.6) is 0 Å². The van der Waals surface area contributed by atoms with Crippen LogP contribution in [0.2, 0.25) is 0 Å². The van der Waals surface area contributed by atoms with Gasteiger partial charge in [-0.1, -0.05) is 32.4 Å². The summed E-state index contributed by atoms with van der Waals surface area (Å²) in [7, 11) is 0. The summed E-state index contributed by atoms with van der Waals surface area (Å²) in [5.74, 6) is 0.543. The maximum absolute atomic E-state index is 12.4. The molecule has 1 saturated heterocycles. The molecule has 2 unspecified atom stereocenters. The fourth-order valence-electron chi connectivity index (χ4n) is 3.09. The number of piperidine rings is 1. The number of anilines is 1. The molecule has 0 radical (unpaired) electrons. The maximum Gasteiger partial charge on any atom is 0.321 e. The van der Waals surface area contributed by atoms with Gasteiger partial charge in [0.2, 0.25) is 0 Å². The molecular weight excluding hydrogens is 262 g/mol. The van der Waals surface area contributed by atoms with E-state index in [1.165, 1.54) is 0 Å². The van der Waals surface area contributed by atoms with Gasteiger partial charge in [-0.25, -0.2) is 4.79 Å². The molecule has 1 aliphatic heterocycles. The van der Waals surface area contributed by atoms with Crippen LogP contribution in [0.4, 0.5) is 10.5 Å². The predicted octanol–water partition coefficient (Wildman–Crippen LogP) is 3.24. The molecule has 2 amide bonds. The molecular formula is C17H27N3O. The summed E-state index contributed by atoms with van der Waals surface area (Å²) in [6.45, 7) is 9.04. The monoisotopic (exact) mass is 289 g/mol. The number of likely N-dealkylation sites (tertiary alicyclic amines) is 1. The van der Waals surface area contributed by atoms with E-state index in [1.807, 2.05) is 36.1 Å². The first-order valence-electron chi connectivity index (χ1n) is 8.00. The van der Waals surface area contributed by atoms with Gasteiger partial charge in [0.25, 0.3) is 0 Å². The second kappa shape index (κ2) is 7.46. The minimum atomic E-state index is 0.0222. The Kier molecular flexibility index (Phi) is 5.62. The number of carbonyl (C=O) groups is 1. The van der Waals surface area contributed by atoms with E-state index in [0.717, 1.165) is 43.7 Å². The van der Waals surface area contributed by atoms with Crippen molar-refractivity contribution in [3.05, 3.63) is 29.8 Å². The number of aryl methyl sites for hydroxylation is 1. The van der Waals surface area contributed by atoms with Crippen LogP contribution < -0.4 is 10.6 Å². The van der Waals surface area contributed by atoms with Gasteiger partial charge in [0.05, 0.1) is 0 Å². The zero-order chi connectivity index (χ0) is 15.2. The maximum atomic E-state index is 12.4. The minimum absolute atomic E-state index is 0.0222. The fraction of sp³-hybridized carbons (Fsp3) is 0.588. The summed E-state index contributed by atoms with van der Waals surface area (Å²) in [5.41, 5.74) is 2.03. The number of amides is 2. The first kappa shape index (κ1) is 15.8. The largest absolute Gasteiger partial charge is 0.324 e. The van der Waals surface area contributed by atoms with Crippen LogP contribution in [0.3, 0.4) is 0 Å². The molecule has 0 bridgehead atoms. The lowest BCUT2D eigenvalue weighted by Crippen LogP contribution is -2.51. The molecule has 0 spiro atoms. The molecule has 4 nitrogen and oxygen atoms in total. The Morgan fingerprint density at radius 2 is 2.19 bits per heavy atom. The Hall–Kier alpha value is -1.55. The third-order valence-corrected chi connectivity index (χ3v) is 4.28. The number of carbonyl (C=O) groups excluding carboxylic acids is 1. The van der Waals surface area contributed by atoms with Crippen LogP contribution in [0.15, 0.2) is 24.3 Å². The second-order valence-electron chi connectivity index (χ2n) is 5.87. The van der Waals surface area contributed by atoms with E-state index in [2.05, 4.69) is 24.5 Å². The molecule has 1 aliphatic rings. The topological polar surface area (TPSA) is 44.4 Å². The summed E-state index contributed by atoms with van der Waals surface area (Å²) in [5, 5.41) is 6.55. The normalized spacial score (nSPS) is 22.1. The van der Waals surface area contributed by atoms with Crippen molar-refractivity contribution in [2.45, 2.75) is 39.7 Å². The number of hydrogen-bond donors (Lipinski definition) is 2. The van der Waals surface area contributed by atoms with E-state index in [1.54, 1.807) is 0 Å². The van der Waals surface area contributed by atoms with Crippen molar-refractivity contribution in [3.63, 3.8) is 0 Å². The van der Waals surface area contributed by atoms with Crippen molar-refractivity contribution >= 4 is 11.7 Å². The molecule has 4 heteroatoms. The van der Waals surface area contributed by atoms with Crippen molar-refractivity contribution in [3.8, 4) is 0 Å². The number of rotatable bonds is 4. The quantitative estimate of drug-likeness (QED) is 0.893. The third-order valence-electron chi connectivity index (χ3n) is 4.28. The van der Waals surface area contributed by atoms with Crippen molar-refractivity contribution in [1.82, 2.24) is 10.2 Å². The summed E-state index contributed by atoms with van der Waals surface area (Å²) >= 11 is 0. The Balaban J connectivity index is 1.94. The number of urea groups is 1. The van der Waals surface area contributed by atoms with Crippen LogP contribution in [0, 0.1) is 12.8 Å². The average molecular weight is 289 g/mol. The first-order valence-corrected chi connectivity index (χ1v) is 8.00. The molecule has 1 aromatic carbocycles. The number of benzene rings is 1. The van der Waals surface area contributed by atoms with E-state index in [0.29, 0.717) is 12.0 Å². The second-order valence-corrected chi connectivity index (χ2v) is 5.87. The first-order chi connectivity index (χ1) is 10.1. The summed E-state index contributed by atoms with van der Waals surface area (Å²) in [6.07, 6.45) is 2.14. The molecule has 0 saturated carbocycles. The molecule has 2 N–H and O–H groups in total. The Labute approximate surface area is 127 Å². The van der Waals surface area contributed by atoms with Crippen LogP contribution in [-0.2, 0) is 0 Å². The van der Waals surface area contributed by atoms with Gasteiger partial charge in [-0.05, 0) is 43.5 Å². The van der Waals surface area contributed by atoms with Gasteiger partial charge in [0.1, 0.15) is 0 Å². The zero-order valence-corrected chi connectivity index (χ0v) is 13.4. The van der Waals surface area contributed by atoms with Gasteiger partial charge >= 0.3 is 6.03 Å². The minimum Gasteiger partial charge on any atom is -0.324 e. The molecule has 1 fully saturated rings. The fourth-order valence-corrected chi connectivity index (χ4v) is 3.09.